The zero-order valence-electron chi connectivity index (χ0n) is 16.8. The predicted molar refractivity (Wildman–Crippen MR) is 110 cm³/mol. The van der Waals surface area contributed by atoms with Crippen molar-refractivity contribution in [3.05, 3.63) is 46.9 Å². The van der Waals surface area contributed by atoms with Crippen molar-refractivity contribution >= 4 is 35.1 Å². The van der Waals surface area contributed by atoms with Crippen LogP contribution in [0.5, 0.6) is 5.75 Å². The predicted octanol–water partition coefficient (Wildman–Crippen LogP) is 3.28. The van der Waals surface area contributed by atoms with Gasteiger partial charge in [0.05, 0.1) is 25.0 Å². The van der Waals surface area contributed by atoms with Crippen molar-refractivity contribution in [2.75, 3.05) is 32.1 Å². The van der Waals surface area contributed by atoms with Crippen molar-refractivity contribution in [3.8, 4) is 5.75 Å². The summed E-state index contributed by atoms with van der Waals surface area (Å²) in [6, 6.07) is 6.56. The van der Waals surface area contributed by atoms with Crippen molar-refractivity contribution in [2.45, 2.75) is 19.8 Å². The van der Waals surface area contributed by atoms with Gasteiger partial charge in [-0.05, 0) is 43.5 Å². The summed E-state index contributed by atoms with van der Waals surface area (Å²) >= 11 is 6.06. The summed E-state index contributed by atoms with van der Waals surface area (Å²) in [5.41, 5.74) is 1.23. The number of hydrogen-bond acceptors (Lipinski definition) is 6. The number of benzene rings is 1. The van der Waals surface area contributed by atoms with Crippen molar-refractivity contribution in [3.63, 3.8) is 0 Å². The number of ether oxygens (including phenoxy) is 2. The van der Waals surface area contributed by atoms with Crippen LogP contribution < -0.4 is 10.1 Å². The third-order valence-electron chi connectivity index (χ3n) is 4.95. The largest absolute Gasteiger partial charge is 0.495 e. The number of hydrogen-bond donors (Lipinski definition) is 1. The van der Waals surface area contributed by atoms with E-state index in [1.54, 1.807) is 36.1 Å². The SMILES string of the molecule is COc1cc(Cl)c(C)cc1NC(=O)COC(=O)C1CCN(C(=O)c2ccco2)CC1. The first-order valence-electron chi connectivity index (χ1n) is 9.52. The molecule has 1 saturated heterocycles. The van der Waals surface area contributed by atoms with Gasteiger partial charge in [-0.2, -0.15) is 0 Å². The number of furan rings is 1. The zero-order valence-corrected chi connectivity index (χ0v) is 17.5. The summed E-state index contributed by atoms with van der Waals surface area (Å²) in [7, 11) is 1.47. The van der Waals surface area contributed by atoms with Gasteiger partial charge >= 0.3 is 5.97 Å². The molecule has 1 N–H and O–H groups in total. The van der Waals surface area contributed by atoms with E-state index in [4.69, 9.17) is 25.5 Å². The van der Waals surface area contributed by atoms with Crippen LogP contribution in [0, 0.1) is 12.8 Å². The number of aryl methyl sites for hydroxylation is 1. The minimum Gasteiger partial charge on any atom is -0.495 e. The fourth-order valence-corrected chi connectivity index (χ4v) is 3.40. The topological polar surface area (TPSA) is 98.1 Å². The molecule has 2 heterocycles. The van der Waals surface area contributed by atoms with Crippen molar-refractivity contribution < 1.29 is 28.3 Å². The third kappa shape index (κ3) is 5.13. The number of rotatable bonds is 6. The molecule has 0 unspecified atom stereocenters. The molecule has 0 atom stereocenters. The van der Waals surface area contributed by atoms with E-state index in [1.807, 2.05) is 0 Å². The number of nitrogens with zero attached hydrogens (tertiary/aromatic N) is 1. The highest BCUT2D eigenvalue weighted by Gasteiger charge is 2.30. The normalized spacial score (nSPS) is 14.3. The van der Waals surface area contributed by atoms with Gasteiger partial charge in [0.25, 0.3) is 11.8 Å². The van der Waals surface area contributed by atoms with E-state index in [9.17, 15) is 14.4 Å². The molecule has 0 spiro atoms. The second kappa shape index (κ2) is 9.67. The van der Waals surface area contributed by atoms with E-state index in [-0.39, 0.29) is 17.6 Å². The second-order valence-electron chi connectivity index (χ2n) is 7.00. The fourth-order valence-electron chi connectivity index (χ4n) is 3.25. The highest BCUT2D eigenvalue weighted by atomic mass is 35.5. The van der Waals surface area contributed by atoms with Crippen LogP contribution in [0.1, 0.15) is 29.0 Å². The second-order valence-corrected chi connectivity index (χ2v) is 7.41. The van der Waals surface area contributed by atoms with Gasteiger partial charge in [-0.1, -0.05) is 11.6 Å². The average molecular weight is 435 g/mol. The van der Waals surface area contributed by atoms with Crippen LogP contribution in [-0.4, -0.2) is 49.5 Å². The Morgan fingerprint density at radius 2 is 2.00 bits per heavy atom. The van der Waals surface area contributed by atoms with Gasteiger partial charge < -0.3 is 24.1 Å². The van der Waals surface area contributed by atoms with Crippen LogP contribution in [0.2, 0.25) is 5.02 Å². The molecule has 0 aliphatic carbocycles. The number of piperidine rings is 1. The quantitative estimate of drug-likeness (QED) is 0.700. The number of nitrogens with one attached hydrogen (secondary N) is 1. The highest BCUT2D eigenvalue weighted by Crippen LogP contribution is 2.31. The Labute approximate surface area is 179 Å². The van der Waals surface area contributed by atoms with Gasteiger partial charge in [-0.25, -0.2) is 0 Å². The van der Waals surface area contributed by atoms with Crippen LogP contribution in [0.25, 0.3) is 0 Å². The molecule has 1 aromatic carbocycles. The molecule has 8 nitrogen and oxygen atoms in total. The summed E-state index contributed by atoms with van der Waals surface area (Å²) in [4.78, 5) is 38.4. The lowest BCUT2D eigenvalue weighted by molar-refractivity contribution is -0.152. The smallest absolute Gasteiger partial charge is 0.309 e. The van der Waals surface area contributed by atoms with Gasteiger partial charge in [0.15, 0.2) is 12.4 Å². The van der Waals surface area contributed by atoms with E-state index >= 15 is 0 Å². The molecule has 0 bridgehead atoms. The van der Waals surface area contributed by atoms with Crippen molar-refractivity contribution in [1.82, 2.24) is 4.90 Å². The number of halogens is 1. The molecule has 2 aromatic rings. The van der Waals surface area contributed by atoms with Crippen LogP contribution in [-0.2, 0) is 14.3 Å². The van der Waals surface area contributed by atoms with E-state index < -0.39 is 18.5 Å². The maximum atomic E-state index is 12.3. The number of carbonyl (C=O) groups excluding carboxylic acids is 3. The van der Waals surface area contributed by atoms with E-state index in [1.165, 1.54) is 13.4 Å². The first-order valence-corrected chi connectivity index (χ1v) is 9.90. The van der Waals surface area contributed by atoms with Crippen molar-refractivity contribution in [2.24, 2.45) is 5.92 Å². The number of carbonyl (C=O) groups is 3. The van der Waals surface area contributed by atoms with Gasteiger partial charge in [0, 0.05) is 24.2 Å². The fraction of sp³-hybridized carbons (Fsp3) is 0.381. The standard InChI is InChI=1S/C21H23ClN2O6/c1-13-10-16(18(28-2)11-15(13)22)23-19(25)12-30-21(27)14-5-7-24(8-6-14)20(26)17-4-3-9-29-17/h3-4,9-11,14H,5-8,12H2,1-2H3,(H,23,25). The van der Waals surface area contributed by atoms with Gasteiger partial charge in [0.1, 0.15) is 5.75 Å². The number of likely N-dealkylation sites (tertiary alicyclic amines) is 1. The van der Waals surface area contributed by atoms with Crippen LogP contribution in [0.3, 0.4) is 0 Å². The molecule has 1 aliphatic rings. The third-order valence-corrected chi connectivity index (χ3v) is 5.36. The van der Waals surface area contributed by atoms with E-state index in [2.05, 4.69) is 5.32 Å². The van der Waals surface area contributed by atoms with Crippen molar-refractivity contribution in [1.29, 1.82) is 0 Å². The molecule has 30 heavy (non-hydrogen) atoms. The monoisotopic (exact) mass is 434 g/mol. The Kier molecular flexibility index (Phi) is 6.99. The van der Waals surface area contributed by atoms with Crippen LogP contribution in [0.15, 0.2) is 34.9 Å². The van der Waals surface area contributed by atoms with E-state index in [0.717, 1.165) is 5.56 Å². The lowest BCUT2D eigenvalue weighted by Gasteiger charge is -2.30. The lowest BCUT2D eigenvalue weighted by atomic mass is 9.97. The maximum Gasteiger partial charge on any atom is 0.309 e. The summed E-state index contributed by atoms with van der Waals surface area (Å²) in [6.07, 6.45) is 2.39. The molecular formula is C21H23ClN2O6. The molecule has 1 fully saturated rings. The summed E-state index contributed by atoms with van der Waals surface area (Å²) in [5, 5.41) is 3.18. The molecule has 9 heteroatoms. The molecule has 3 rings (SSSR count). The Morgan fingerprint density at radius 3 is 2.63 bits per heavy atom. The molecule has 160 valence electrons. The molecular weight excluding hydrogens is 412 g/mol. The molecule has 0 radical (unpaired) electrons. The van der Waals surface area contributed by atoms with Gasteiger partial charge in [-0.3, -0.25) is 14.4 Å². The number of esters is 1. The maximum absolute atomic E-state index is 12.3. The Bertz CT molecular complexity index is 920. The minimum atomic E-state index is -0.478. The minimum absolute atomic E-state index is 0.196. The average Bonchev–Trinajstić information content (AvgIpc) is 3.29. The van der Waals surface area contributed by atoms with Crippen LogP contribution in [0.4, 0.5) is 5.69 Å². The molecule has 1 aromatic heterocycles. The summed E-state index contributed by atoms with van der Waals surface area (Å²) in [6.45, 7) is 2.25. The Balaban J connectivity index is 1.46. The lowest BCUT2D eigenvalue weighted by Crippen LogP contribution is -2.40. The number of methoxy groups -OCH3 is 1. The van der Waals surface area contributed by atoms with E-state index in [0.29, 0.717) is 42.4 Å². The zero-order chi connectivity index (χ0) is 21.7. The molecule has 1 aliphatic heterocycles. The number of amides is 2. The van der Waals surface area contributed by atoms with Gasteiger partial charge in [-0.15, -0.1) is 0 Å². The van der Waals surface area contributed by atoms with Gasteiger partial charge in [0.2, 0.25) is 0 Å². The van der Waals surface area contributed by atoms with Crippen LogP contribution >= 0.6 is 11.6 Å². The Morgan fingerprint density at radius 1 is 1.27 bits per heavy atom. The molecule has 2 amide bonds. The first kappa shape index (κ1) is 21.7. The Hall–Kier alpha value is -3.00. The highest BCUT2D eigenvalue weighted by molar-refractivity contribution is 6.31. The summed E-state index contributed by atoms with van der Waals surface area (Å²) < 4.78 is 15.5. The summed E-state index contributed by atoms with van der Waals surface area (Å²) in [5.74, 6) is -0.785. The first-order chi connectivity index (χ1) is 14.4. The molecule has 0 saturated carbocycles. The number of anilines is 1.